The molecule has 2 N–H and O–H groups in total. The number of aryl methyl sites for hydroxylation is 1. The molecule has 0 spiro atoms. The summed E-state index contributed by atoms with van der Waals surface area (Å²) in [5.41, 5.74) is 4.59. The number of amides is 1. The molecule has 0 atom stereocenters. The molecular formula is C17H14N4O. The maximum atomic E-state index is 12.0. The summed E-state index contributed by atoms with van der Waals surface area (Å²) in [6.45, 7) is 1.88. The first-order valence-electron chi connectivity index (χ1n) is 6.84. The first kappa shape index (κ1) is 13.8. The zero-order valence-corrected chi connectivity index (χ0v) is 12.3. The molecule has 0 saturated carbocycles. The summed E-state index contributed by atoms with van der Waals surface area (Å²) in [4.78, 5) is 19.2. The molecule has 3 aromatic rings. The number of H-pyrrole nitrogens is 1. The van der Waals surface area contributed by atoms with Gasteiger partial charge in [-0.05, 0) is 42.3 Å². The second-order valence-corrected chi connectivity index (χ2v) is 5.00. The predicted molar refractivity (Wildman–Crippen MR) is 84.4 cm³/mol. The van der Waals surface area contributed by atoms with Gasteiger partial charge in [0.25, 0.3) is 5.91 Å². The van der Waals surface area contributed by atoms with Crippen molar-refractivity contribution >= 4 is 16.8 Å². The van der Waals surface area contributed by atoms with E-state index in [1.165, 1.54) is 0 Å². The Morgan fingerprint density at radius 1 is 1.32 bits per heavy atom. The Morgan fingerprint density at radius 2 is 2.05 bits per heavy atom. The Morgan fingerprint density at radius 3 is 2.68 bits per heavy atom. The van der Waals surface area contributed by atoms with Crippen molar-refractivity contribution in [1.29, 1.82) is 5.26 Å². The number of aromatic amines is 1. The Kier molecular flexibility index (Phi) is 3.36. The van der Waals surface area contributed by atoms with Crippen LogP contribution in [0.1, 0.15) is 21.6 Å². The van der Waals surface area contributed by atoms with Crippen LogP contribution in [0.2, 0.25) is 0 Å². The van der Waals surface area contributed by atoms with Gasteiger partial charge in [-0.2, -0.15) is 5.26 Å². The molecule has 0 fully saturated rings. The van der Waals surface area contributed by atoms with Crippen LogP contribution in [0.4, 0.5) is 0 Å². The van der Waals surface area contributed by atoms with E-state index in [1.807, 2.05) is 25.1 Å². The number of aromatic nitrogens is 2. The van der Waals surface area contributed by atoms with Crippen molar-refractivity contribution in [1.82, 2.24) is 15.3 Å². The maximum Gasteiger partial charge on any atom is 0.267 e. The zero-order valence-electron chi connectivity index (χ0n) is 12.3. The van der Waals surface area contributed by atoms with Crippen LogP contribution in [-0.4, -0.2) is 22.9 Å². The van der Waals surface area contributed by atoms with Gasteiger partial charge in [0.05, 0.1) is 17.1 Å². The summed E-state index contributed by atoms with van der Waals surface area (Å²) < 4.78 is 0. The molecule has 0 aliphatic heterocycles. The normalized spacial score (nSPS) is 10.4. The van der Waals surface area contributed by atoms with Gasteiger partial charge in [-0.15, -0.1) is 0 Å². The van der Waals surface area contributed by atoms with Crippen LogP contribution in [0.3, 0.4) is 0 Å². The van der Waals surface area contributed by atoms with Crippen molar-refractivity contribution < 1.29 is 4.79 Å². The first-order valence-corrected chi connectivity index (χ1v) is 6.84. The molecule has 22 heavy (non-hydrogen) atoms. The second-order valence-electron chi connectivity index (χ2n) is 5.00. The number of carbonyl (C=O) groups is 1. The minimum absolute atomic E-state index is 0.173. The molecule has 5 nitrogen and oxygen atoms in total. The number of carbonyl (C=O) groups excluding carboxylic acids is 1. The van der Waals surface area contributed by atoms with Gasteiger partial charge in [-0.3, -0.25) is 9.78 Å². The van der Waals surface area contributed by atoms with E-state index in [0.29, 0.717) is 11.3 Å². The molecule has 2 aromatic heterocycles. The van der Waals surface area contributed by atoms with Crippen molar-refractivity contribution in [3.05, 3.63) is 53.5 Å². The highest BCUT2D eigenvalue weighted by Crippen LogP contribution is 2.32. The van der Waals surface area contributed by atoms with Gasteiger partial charge in [-0.1, -0.05) is 0 Å². The second kappa shape index (κ2) is 5.34. The minimum Gasteiger partial charge on any atom is -0.354 e. The smallest absolute Gasteiger partial charge is 0.267 e. The fourth-order valence-electron chi connectivity index (χ4n) is 2.60. The number of hydrogen-bond donors (Lipinski definition) is 2. The maximum absolute atomic E-state index is 12.0. The molecule has 2 heterocycles. The molecule has 5 heteroatoms. The highest BCUT2D eigenvalue weighted by atomic mass is 16.1. The van der Waals surface area contributed by atoms with Crippen LogP contribution in [0.15, 0.2) is 36.7 Å². The van der Waals surface area contributed by atoms with Crippen LogP contribution < -0.4 is 5.32 Å². The van der Waals surface area contributed by atoms with Crippen molar-refractivity contribution in [2.24, 2.45) is 0 Å². The van der Waals surface area contributed by atoms with Crippen LogP contribution in [0.25, 0.3) is 22.0 Å². The van der Waals surface area contributed by atoms with Gasteiger partial charge in [0.1, 0.15) is 5.69 Å². The highest BCUT2D eigenvalue weighted by molar-refractivity contribution is 6.05. The number of nitrogens with zero attached hydrogens (tertiary/aromatic N) is 2. The monoisotopic (exact) mass is 290 g/mol. The summed E-state index contributed by atoms with van der Waals surface area (Å²) >= 11 is 0. The Labute approximate surface area is 127 Å². The van der Waals surface area contributed by atoms with Crippen LogP contribution >= 0.6 is 0 Å². The molecule has 0 bridgehead atoms. The summed E-state index contributed by atoms with van der Waals surface area (Å²) in [7, 11) is 1.60. The van der Waals surface area contributed by atoms with E-state index in [4.69, 9.17) is 0 Å². The van der Waals surface area contributed by atoms with Crippen LogP contribution in [-0.2, 0) is 0 Å². The number of nitriles is 1. The lowest BCUT2D eigenvalue weighted by Crippen LogP contribution is -2.19. The third-order valence-electron chi connectivity index (χ3n) is 3.74. The Balaban J connectivity index is 2.37. The van der Waals surface area contributed by atoms with E-state index in [9.17, 15) is 10.1 Å². The third kappa shape index (κ3) is 2.11. The van der Waals surface area contributed by atoms with Gasteiger partial charge in [0.15, 0.2) is 0 Å². The van der Waals surface area contributed by atoms with Gasteiger partial charge in [0.2, 0.25) is 0 Å². The highest BCUT2D eigenvalue weighted by Gasteiger charge is 2.17. The number of pyridine rings is 1. The number of fused-ring (bicyclic) bond motifs is 1. The van der Waals surface area contributed by atoms with E-state index in [0.717, 1.165) is 27.6 Å². The van der Waals surface area contributed by atoms with E-state index in [2.05, 4.69) is 21.4 Å². The first-order chi connectivity index (χ1) is 10.7. The molecular weight excluding hydrogens is 276 g/mol. The van der Waals surface area contributed by atoms with Crippen LogP contribution in [0, 0.1) is 18.3 Å². The number of nitrogens with one attached hydrogen (secondary N) is 2. The molecule has 1 aromatic carbocycles. The molecule has 0 aliphatic rings. The van der Waals surface area contributed by atoms with Gasteiger partial charge in [0, 0.05) is 30.4 Å². The lowest BCUT2D eigenvalue weighted by molar-refractivity contribution is 0.0958. The van der Waals surface area contributed by atoms with Crippen molar-refractivity contribution in [2.75, 3.05) is 7.05 Å². The zero-order chi connectivity index (χ0) is 15.7. The average molecular weight is 290 g/mol. The third-order valence-corrected chi connectivity index (χ3v) is 3.74. The summed E-state index contributed by atoms with van der Waals surface area (Å²) in [5, 5.41) is 12.8. The molecule has 0 unspecified atom stereocenters. The SMILES string of the molecule is CNC(=O)c1[nH]c2c(-c3ccncc3)cc(C#N)cc2c1C. The molecule has 108 valence electrons. The van der Waals surface area contributed by atoms with E-state index < -0.39 is 0 Å². The average Bonchev–Trinajstić information content (AvgIpc) is 2.91. The Bertz CT molecular complexity index is 904. The fourth-order valence-corrected chi connectivity index (χ4v) is 2.60. The van der Waals surface area contributed by atoms with E-state index in [1.54, 1.807) is 25.5 Å². The number of benzene rings is 1. The van der Waals surface area contributed by atoms with E-state index in [-0.39, 0.29) is 5.91 Å². The van der Waals surface area contributed by atoms with Gasteiger partial charge >= 0.3 is 0 Å². The minimum atomic E-state index is -0.173. The van der Waals surface area contributed by atoms with E-state index >= 15 is 0 Å². The lowest BCUT2D eigenvalue weighted by atomic mass is 10.00. The number of hydrogen-bond acceptors (Lipinski definition) is 3. The molecule has 0 aliphatic carbocycles. The van der Waals surface area contributed by atoms with Gasteiger partial charge in [-0.25, -0.2) is 0 Å². The largest absolute Gasteiger partial charge is 0.354 e. The van der Waals surface area contributed by atoms with Crippen molar-refractivity contribution in [2.45, 2.75) is 6.92 Å². The van der Waals surface area contributed by atoms with Gasteiger partial charge < -0.3 is 10.3 Å². The summed E-state index contributed by atoms with van der Waals surface area (Å²) in [5.74, 6) is -0.173. The quantitative estimate of drug-likeness (QED) is 0.761. The predicted octanol–water partition coefficient (Wildman–Crippen LogP) is 2.77. The fraction of sp³-hybridized carbons (Fsp3) is 0.118. The molecule has 1 amide bonds. The molecule has 3 rings (SSSR count). The topological polar surface area (TPSA) is 81.6 Å². The Hall–Kier alpha value is -3.13. The van der Waals surface area contributed by atoms with Crippen LogP contribution in [0.5, 0.6) is 0 Å². The standard InChI is InChI=1S/C17H14N4O/c1-10-13-7-11(9-18)8-14(12-3-5-20-6-4-12)16(13)21-15(10)17(22)19-2/h3-8,21H,1-2H3,(H,19,22). The van der Waals surface area contributed by atoms with Crippen molar-refractivity contribution in [3.63, 3.8) is 0 Å². The van der Waals surface area contributed by atoms with Crippen molar-refractivity contribution in [3.8, 4) is 17.2 Å². The number of rotatable bonds is 2. The molecule has 0 saturated heterocycles. The summed E-state index contributed by atoms with van der Waals surface area (Å²) in [6.07, 6.45) is 3.41. The summed E-state index contributed by atoms with van der Waals surface area (Å²) in [6, 6.07) is 9.56. The lowest BCUT2D eigenvalue weighted by Gasteiger charge is -2.04. The molecule has 0 radical (unpaired) electrons.